The number of rotatable bonds is 4. The zero-order chi connectivity index (χ0) is 20.8. The summed E-state index contributed by atoms with van der Waals surface area (Å²) < 4.78 is 57.4. The van der Waals surface area contributed by atoms with Gasteiger partial charge in [0.25, 0.3) is 0 Å². The Labute approximate surface area is 166 Å². The van der Waals surface area contributed by atoms with E-state index in [9.17, 15) is 18.1 Å². The molecule has 28 heavy (non-hydrogen) atoms. The number of nitrogens with zero attached hydrogens (tertiary/aromatic N) is 1. The zero-order valence-electron chi connectivity index (χ0n) is 16.6. The lowest BCUT2D eigenvalue weighted by atomic mass is 9.79. The fourth-order valence-corrected chi connectivity index (χ4v) is 5.25. The third-order valence-electron chi connectivity index (χ3n) is 5.97. The number of halogens is 1. The molecular formula is C19H25BFNO5S. The molecule has 2 aliphatic rings. The summed E-state index contributed by atoms with van der Waals surface area (Å²) in [7, 11) is -4.76. The van der Waals surface area contributed by atoms with Crippen LogP contribution in [0.15, 0.2) is 23.1 Å². The molecule has 0 amide bonds. The lowest BCUT2D eigenvalue weighted by molar-refractivity contribution is 0.00578. The van der Waals surface area contributed by atoms with Crippen LogP contribution in [0.3, 0.4) is 0 Å². The predicted octanol–water partition coefficient (Wildman–Crippen LogP) is 2.22. The summed E-state index contributed by atoms with van der Waals surface area (Å²) in [5.74, 6) is -1.29. The molecule has 0 unspecified atom stereocenters. The highest BCUT2D eigenvalue weighted by molar-refractivity contribution is 7.91. The second kappa shape index (κ2) is 7.10. The van der Waals surface area contributed by atoms with Gasteiger partial charge in [0, 0.05) is 13.2 Å². The number of ether oxygens (including phenoxy) is 1. The molecule has 2 aliphatic heterocycles. The molecule has 0 atom stereocenters. The van der Waals surface area contributed by atoms with E-state index in [1.54, 1.807) is 0 Å². The van der Waals surface area contributed by atoms with Crippen molar-refractivity contribution in [3.8, 4) is 6.07 Å². The first-order valence-corrected chi connectivity index (χ1v) is 10.9. The Kier molecular flexibility index (Phi) is 5.39. The van der Waals surface area contributed by atoms with Crippen molar-refractivity contribution in [3.63, 3.8) is 0 Å². The molecule has 0 bridgehead atoms. The molecule has 0 saturated carbocycles. The van der Waals surface area contributed by atoms with Crippen LogP contribution in [0.25, 0.3) is 0 Å². The Morgan fingerprint density at radius 1 is 1.14 bits per heavy atom. The molecule has 0 aromatic heterocycles. The molecule has 0 spiro atoms. The lowest BCUT2D eigenvalue weighted by Gasteiger charge is -2.32. The van der Waals surface area contributed by atoms with Crippen molar-refractivity contribution in [2.45, 2.75) is 56.6 Å². The van der Waals surface area contributed by atoms with Crippen LogP contribution < -0.4 is 5.46 Å². The Balaban J connectivity index is 1.85. The van der Waals surface area contributed by atoms with Gasteiger partial charge < -0.3 is 14.0 Å². The molecule has 0 radical (unpaired) electrons. The molecule has 2 saturated heterocycles. The maximum absolute atomic E-state index is 14.8. The fraction of sp³-hybridized carbons (Fsp3) is 0.632. The van der Waals surface area contributed by atoms with E-state index < -0.39 is 50.0 Å². The van der Waals surface area contributed by atoms with Crippen molar-refractivity contribution in [2.75, 3.05) is 19.0 Å². The molecular weight excluding hydrogens is 384 g/mol. The zero-order valence-corrected chi connectivity index (χ0v) is 17.4. The predicted molar refractivity (Wildman–Crippen MR) is 102 cm³/mol. The molecule has 0 N–H and O–H groups in total. The van der Waals surface area contributed by atoms with Crippen LogP contribution in [0.4, 0.5) is 4.39 Å². The Hall–Kier alpha value is -1.47. The first-order valence-electron chi connectivity index (χ1n) is 9.28. The molecule has 1 aromatic rings. The van der Waals surface area contributed by atoms with Crippen molar-refractivity contribution in [3.05, 3.63) is 24.0 Å². The van der Waals surface area contributed by atoms with Gasteiger partial charge in [-0.3, -0.25) is 0 Å². The van der Waals surface area contributed by atoms with Gasteiger partial charge in [0.05, 0.1) is 28.4 Å². The topological polar surface area (TPSA) is 85.6 Å². The maximum atomic E-state index is 14.8. The maximum Gasteiger partial charge on any atom is 0.494 e. The third kappa shape index (κ3) is 3.83. The first-order chi connectivity index (χ1) is 12.9. The molecule has 152 valence electrons. The highest BCUT2D eigenvalue weighted by Crippen LogP contribution is 2.37. The van der Waals surface area contributed by atoms with Crippen molar-refractivity contribution < 1.29 is 26.9 Å². The molecule has 2 fully saturated rings. The number of sulfone groups is 1. The van der Waals surface area contributed by atoms with E-state index in [0.29, 0.717) is 31.5 Å². The minimum atomic E-state index is -3.98. The van der Waals surface area contributed by atoms with Crippen LogP contribution >= 0.6 is 0 Å². The van der Waals surface area contributed by atoms with Crippen molar-refractivity contribution >= 4 is 22.4 Å². The first kappa shape index (κ1) is 21.2. The molecule has 2 heterocycles. The Bertz CT molecular complexity index is 887. The second-order valence-corrected chi connectivity index (χ2v) is 10.5. The number of hydrogen-bond donors (Lipinski definition) is 0. The van der Waals surface area contributed by atoms with Gasteiger partial charge in [-0.2, -0.15) is 5.26 Å². The minimum Gasteiger partial charge on any atom is -0.399 e. The van der Waals surface area contributed by atoms with Crippen LogP contribution in [0.1, 0.15) is 40.5 Å². The highest BCUT2D eigenvalue weighted by Gasteiger charge is 2.52. The molecule has 6 nitrogen and oxygen atoms in total. The van der Waals surface area contributed by atoms with Gasteiger partial charge in [0.15, 0.2) is 9.84 Å². The molecule has 9 heteroatoms. The molecule has 0 aliphatic carbocycles. The normalized spacial score (nSPS) is 23.4. The summed E-state index contributed by atoms with van der Waals surface area (Å²) in [6.45, 7) is 8.20. The summed E-state index contributed by atoms with van der Waals surface area (Å²) in [5.41, 5.74) is -1.80. The quantitative estimate of drug-likeness (QED) is 0.709. The summed E-state index contributed by atoms with van der Waals surface area (Å²) >= 11 is 0. The van der Waals surface area contributed by atoms with E-state index in [-0.39, 0.29) is 0 Å². The van der Waals surface area contributed by atoms with Gasteiger partial charge in [-0.25, -0.2) is 12.8 Å². The van der Waals surface area contributed by atoms with Crippen LogP contribution in [0, 0.1) is 22.6 Å². The van der Waals surface area contributed by atoms with Crippen molar-refractivity contribution in [1.82, 2.24) is 0 Å². The van der Waals surface area contributed by atoms with Crippen molar-refractivity contribution in [1.29, 1.82) is 5.26 Å². The number of benzene rings is 1. The fourth-order valence-electron chi connectivity index (χ4n) is 3.39. The van der Waals surface area contributed by atoms with Gasteiger partial charge >= 0.3 is 7.12 Å². The van der Waals surface area contributed by atoms with E-state index in [2.05, 4.69) is 6.07 Å². The summed E-state index contributed by atoms with van der Waals surface area (Å²) in [6, 6.07) is 5.98. The standard InChI is InChI=1S/C19H25BFNO5S/c1-17(2)18(3,4)27-20(26-17)14-5-6-16(15(21)11-14)28(23,24)13-19(12-22)7-9-25-10-8-19/h5-6,11H,7-10,13H2,1-4H3. The Morgan fingerprint density at radius 2 is 1.71 bits per heavy atom. The van der Waals surface area contributed by atoms with Crippen LogP contribution in [0.2, 0.25) is 0 Å². The van der Waals surface area contributed by atoms with Gasteiger partial charge in [0.2, 0.25) is 0 Å². The lowest BCUT2D eigenvalue weighted by Crippen LogP contribution is -2.41. The van der Waals surface area contributed by atoms with E-state index in [1.165, 1.54) is 12.1 Å². The molecule has 3 rings (SSSR count). The van der Waals surface area contributed by atoms with Crippen molar-refractivity contribution in [2.24, 2.45) is 5.41 Å². The van der Waals surface area contributed by atoms with Gasteiger partial charge in [-0.05, 0) is 58.1 Å². The summed E-state index contributed by atoms with van der Waals surface area (Å²) in [5, 5.41) is 9.51. The average molecular weight is 409 g/mol. The number of nitriles is 1. The minimum absolute atomic E-state index is 0.316. The SMILES string of the molecule is CC1(C)OB(c2ccc(S(=O)(=O)CC3(C#N)CCOCC3)c(F)c2)OC1(C)C. The van der Waals surface area contributed by atoms with E-state index in [1.807, 2.05) is 27.7 Å². The second-order valence-electron chi connectivity index (χ2n) is 8.54. The number of hydrogen-bond acceptors (Lipinski definition) is 6. The average Bonchev–Trinajstić information content (AvgIpc) is 2.82. The largest absolute Gasteiger partial charge is 0.494 e. The van der Waals surface area contributed by atoms with E-state index in [0.717, 1.165) is 6.07 Å². The monoisotopic (exact) mass is 409 g/mol. The third-order valence-corrected chi connectivity index (χ3v) is 7.90. The smallest absolute Gasteiger partial charge is 0.399 e. The van der Waals surface area contributed by atoms with Crippen LogP contribution in [0.5, 0.6) is 0 Å². The van der Waals surface area contributed by atoms with E-state index in [4.69, 9.17) is 14.0 Å². The van der Waals surface area contributed by atoms with Crippen LogP contribution in [-0.2, 0) is 23.9 Å². The summed E-state index contributed by atoms with van der Waals surface area (Å²) in [4.78, 5) is -0.408. The van der Waals surface area contributed by atoms with Crippen LogP contribution in [-0.4, -0.2) is 45.7 Å². The van der Waals surface area contributed by atoms with Gasteiger partial charge in [-0.1, -0.05) is 6.07 Å². The molecule has 1 aromatic carbocycles. The van der Waals surface area contributed by atoms with E-state index >= 15 is 0 Å². The summed E-state index contributed by atoms with van der Waals surface area (Å²) in [6.07, 6.45) is 0.632. The highest BCUT2D eigenvalue weighted by atomic mass is 32.2. The van der Waals surface area contributed by atoms with Gasteiger partial charge in [0.1, 0.15) is 10.7 Å². The van der Waals surface area contributed by atoms with Gasteiger partial charge in [-0.15, -0.1) is 0 Å². The Morgan fingerprint density at radius 3 is 2.21 bits per heavy atom.